The summed E-state index contributed by atoms with van der Waals surface area (Å²) in [5.74, 6) is 0.509. The zero-order valence-corrected chi connectivity index (χ0v) is 15.4. The lowest BCUT2D eigenvalue weighted by Crippen LogP contribution is -1.99. The van der Waals surface area contributed by atoms with Crippen LogP contribution in [-0.2, 0) is 0 Å². The van der Waals surface area contributed by atoms with E-state index in [-0.39, 0.29) is 17.2 Å². The first-order valence-electron chi connectivity index (χ1n) is 8.84. The fourth-order valence-electron chi connectivity index (χ4n) is 2.86. The molecule has 0 saturated heterocycles. The third-order valence-electron chi connectivity index (χ3n) is 4.35. The van der Waals surface area contributed by atoms with Crippen molar-refractivity contribution in [3.05, 3.63) is 82.4 Å². The number of rotatable bonds is 5. The summed E-state index contributed by atoms with van der Waals surface area (Å²) >= 11 is 0. The summed E-state index contributed by atoms with van der Waals surface area (Å²) in [6.45, 7) is 0. The topological polar surface area (TPSA) is 134 Å². The molecule has 0 amide bonds. The number of phenols is 2. The van der Waals surface area contributed by atoms with Crippen LogP contribution in [0.2, 0.25) is 0 Å². The molecule has 1 heterocycles. The maximum Gasteiger partial charge on any atom is 0.273 e. The first-order valence-corrected chi connectivity index (χ1v) is 8.84. The Kier molecular flexibility index (Phi) is 4.92. The second kappa shape index (κ2) is 7.84. The number of fused-ring (bicyclic) bond motifs is 1. The number of nitrogens with one attached hydrogen (secondary N) is 1. The molecule has 0 aliphatic heterocycles. The number of aromatic nitrogens is 2. The smallest absolute Gasteiger partial charge is 0.273 e. The molecule has 30 heavy (non-hydrogen) atoms. The predicted molar refractivity (Wildman–Crippen MR) is 113 cm³/mol. The summed E-state index contributed by atoms with van der Waals surface area (Å²) in [6, 6.07) is 17.8. The highest BCUT2D eigenvalue weighted by atomic mass is 16.6. The van der Waals surface area contributed by atoms with Crippen molar-refractivity contribution in [2.75, 3.05) is 5.43 Å². The Balaban J connectivity index is 1.69. The summed E-state index contributed by atoms with van der Waals surface area (Å²) in [7, 11) is 0. The Labute approximate surface area is 170 Å². The van der Waals surface area contributed by atoms with Crippen LogP contribution >= 0.6 is 0 Å². The summed E-state index contributed by atoms with van der Waals surface area (Å²) in [6.07, 6.45) is 1.33. The molecule has 1 aromatic heterocycles. The van der Waals surface area contributed by atoms with Crippen molar-refractivity contribution in [1.29, 1.82) is 0 Å². The van der Waals surface area contributed by atoms with E-state index in [1.807, 2.05) is 24.3 Å². The van der Waals surface area contributed by atoms with E-state index in [1.165, 1.54) is 18.3 Å². The number of phenolic OH excluding ortho intramolecular Hbond substituents is 2. The largest absolute Gasteiger partial charge is 0.507 e. The van der Waals surface area contributed by atoms with Gasteiger partial charge in [0.15, 0.2) is 11.6 Å². The van der Waals surface area contributed by atoms with E-state index in [2.05, 4.69) is 20.5 Å². The van der Waals surface area contributed by atoms with Crippen molar-refractivity contribution in [3.63, 3.8) is 0 Å². The van der Waals surface area contributed by atoms with E-state index in [0.29, 0.717) is 33.7 Å². The van der Waals surface area contributed by atoms with Gasteiger partial charge in [0, 0.05) is 17.0 Å². The molecule has 9 heteroatoms. The van der Waals surface area contributed by atoms with Gasteiger partial charge in [-0.05, 0) is 30.3 Å². The number of para-hydroxylation sites is 2. The second-order valence-electron chi connectivity index (χ2n) is 6.30. The molecule has 4 rings (SSSR count). The van der Waals surface area contributed by atoms with Gasteiger partial charge in [0.25, 0.3) is 5.69 Å². The molecule has 0 aliphatic carbocycles. The monoisotopic (exact) mass is 401 g/mol. The SMILES string of the molecule is O=[N+]([O-])c1ccc(C=NNc2nc(-c3ccccc3O)nc3ccccc23)c(O)c1. The lowest BCUT2D eigenvalue weighted by atomic mass is 10.1. The molecule has 0 radical (unpaired) electrons. The first-order chi connectivity index (χ1) is 14.5. The number of hydrazone groups is 1. The van der Waals surface area contributed by atoms with Crippen molar-refractivity contribution < 1.29 is 15.1 Å². The van der Waals surface area contributed by atoms with Crippen LogP contribution in [0.4, 0.5) is 11.5 Å². The van der Waals surface area contributed by atoms with E-state index in [4.69, 9.17) is 0 Å². The van der Waals surface area contributed by atoms with E-state index in [1.54, 1.807) is 24.3 Å². The minimum Gasteiger partial charge on any atom is -0.507 e. The summed E-state index contributed by atoms with van der Waals surface area (Å²) in [4.78, 5) is 19.2. The van der Waals surface area contributed by atoms with Crippen LogP contribution in [0.5, 0.6) is 11.5 Å². The zero-order chi connectivity index (χ0) is 21.1. The molecule has 0 unspecified atom stereocenters. The number of non-ortho nitro benzene ring substituents is 1. The summed E-state index contributed by atoms with van der Waals surface area (Å²) in [5, 5.41) is 35.7. The van der Waals surface area contributed by atoms with Gasteiger partial charge in [-0.1, -0.05) is 24.3 Å². The molecule has 9 nitrogen and oxygen atoms in total. The fraction of sp³-hybridized carbons (Fsp3) is 0. The normalized spacial score (nSPS) is 11.1. The third kappa shape index (κ3) is 3.72. The van der Waals surface area contributed by atoms with E-state index >= 15 is 0 Å². The molecular weight excluding hydrogens is 386 g/mol. The van der Waals surface area contributed by atoms with Gasteiger partial charge in [-0.2, -0.15) is 5.10 Å². The highest BCUT2D eigenvalue weighted by Gasteiger charge is 2.12. The molecule has 0 atom stereocenters. The Morgan fingerprint density at radius 3 is 2.50 bits per heavy atom. The number of aromatic hydroxyl groups is 2. The molecule has 4 aromatic rings. The van der Waals surface area contributed by atoms with E-state index in [9.17, 15) is 20.3 Å². The summed E-state index contributed by atoms with van der Waals surface area (Å²) < 4.78 is 0. The molecule has 0 fully saturated rings. The second-order valence-corrected chi connectivity index (χ2v) is 6.30. The molecule has 0 spiro atoms. The minimum atomic E-state index is -0.591. The zero-order valence-electron chi connectivity index (χ0n) is 15.4. The van der Waals surface area contributed by atoms with Gasteiger partial charge in [0.05, 0.1) is 28.3 Å². The quantitative estimate of drug-likeness (QED) is 0.261. The number of nitro groups is 1. The Morgan fingerprint density at radius 1 is 0.967 bits per heavy atom. The molecule has 3 N–H and O–H groups in total. The van der Waals surface area contributed by atoms with Gasteiger partial charge in [-0.25, -0.2) is 9.97 Å². The van der Waals surface area contributed by atoms with Gasteiger partial charge < -0.3 is 10.2 Å². The predicted octanol–water partition coefficient (Wildman–Crippen LogP) is 4.06. The first kappa shape index (κ1) is 18.8. The maximum absolute atomic E-state index is 10.8. The molecular formula is C21H15N5O4. The number of nitrogens with zero attached hydrogens (tertiary/aromatic N) is 4. The van der Waals surface area contributed by atoms with Gasteiger partial charge in [0.2, 0.25) is 0 Å². The fourth-order valence-corrected chi connectivity index (χ4v) is 2.86. The molecule has 148 valence electrons. The Bertz CT molecular complexity index is 1290. The van der Waals surface area contributed by atoms with Crippen LogP contribution in [-0.4, -0.2) is 31.3 Å². The highest BCUT2D eigenvalue weighted by molar-refractivity contribution is 5.91. The van der Waals surface area contributed by atoms with Crippen LogP contribution in [0.25, 0.3) is 22.3 Å². The van der Waals surface area contributed by atoms with Gasteiger partial charge >= 0.3 is 0 Å². The van der Waals surface area contributed by atoms with Crippen molar-refractivity contribution in [1.82, 2.24) is 9.97 Å². The van der Waals surface area contributed by atoms with Gasteiger partial charge in [0.1, 0.15) is 11.5 Å². The van der Waals surface area contributed by atoms with E-state index < -0.39 is 4.92 Å². The summed E-state index contributed by atoms with van der Waals surface area (Å²) in [5.41, 5.74) is 4.03. The Morgan fingerprint density at radius 2 is 1.73 bits per heavy atom. The standard InChI is InChI=1S/C21H15N5O4/c27-18-8-4-2-6-16(18)20-23-17-7-3-1-5-15(17)21(24-20)25-22-12-13-9-10-14(26(29)30)11-19(13)28/h1-12,27-28H,(H,23,24,25). The molecule has 0 aliphatic rings. The van der Waals surface area contributed by atoms with Crippen molar-refractivity contribution in [2.45, 2.75) is 0 Å². The Hall–Kier alpha value is -4.53. The lowest BCUT2D eigenvalue weighted by Gasteiger charge is -2.09. The number of anilines is 1. The number of benzene rings is 3. The average Bonchev–Trinajstić information content (AvgIpc) is 2.75. The van der Waals surface area contributed by atoms with E-state index in [0.717, 1.165) is 6.07 Å². The van der Waals surface area contributed by atoms with Crippen LogP contribution < -0.4 is 5.43 Å². The van der Waals surface area contributed by atoms with Crippen LogP contribution in [0, 0.1) is 10.1 Å². The highest BCUT2D eigenvalue weighted by Crippen LogP contribution is 2.30. The van der Waals surface area contributed by atoms with Crippen molar-refractivity contribution >= 4 is 28.6 Å². The molecule has 0 bridgehead atoms. The van der Waals surface area contributed by atoms with Crippen LogP contribution in [0.3, 0.4) is 0 Å². The minimum absolute atomic E-state index is 0.0537. The van der Waals surface area contributed by atoms with Gasteiger partial charge in [-0.15, -0.1) is 0 Å². The van der Waals surface area contributed by atoms with Gasteiger partial charge in [-0.3, -0.25) is 15.5 Å². The number of nitro benzene ring substituents is 1. The average molecular weight is 401 g/mol. The number of hydrogen-bond donors (Lipinski definition) is 3. The number of hydrogen-bond acceptors (Lipinski definition) is 8. The molecule has 3 aromatic carbocycles. The van der Waals surface area contributed by atoms with Crippen molar-refractivity contribution in [3.8, 4) is 22.9 Å². The molecule has 0 saturated carbocycles. The van der Waals surface area contributed by atoms with Crippen LogP contribution in [0.15, 0.2) is 71.8 Å². The third-order valence-corrected chi connectivity index (χ3v) is 4.35. The lowest BCUT2D eigenvalue weighted by molar-refractivity contribution is -0.384. The maximum atomic E-state index is 10.8. The van der Waals surface area contributed by atoms with Crippen molar-refractivity contribution in [2.24, 2.45) is 5.10 Å². The van der Waals surface area contributed by atoms with Crippen LogP contribution in [0.1, 0.15) is 5.56 Å².